The van der Waals surface area contributed by atoms with Gasteiger partial charge in [-0.3, -0.25) is 0 Å². The normalized spacial score (nSPS) is 12.2. The average molecular weight is 308 g/mol. The van der Waals surface area contributed by atoms with E-state index < -0.39 is 17.7 Å². The number of rotatable bonds is 6. The van der Waals surface area contributed by atoms with Crippen molar-refractivity contribution in [3.05, 3.63) is 42.1 Å². The molecule has 0 aliphatic heterocycles. The van der Waals surface area contributed by atoms with E-state index in [1.165, 1.54) is 24.3 Å². The predicted molar refractivity (Wildman–Crippen MR) is 80.4 cm³/mol. The molecule has 0 spiro atoms. The summed E-state index contributed by atoms with van der Waals surface area (Å²) in [6.45, 7) is 1.95. The highest BCUT2D eigenvalue weighted by Gasteiger charge is 2.11. The minimum Gasteiger partial charge on any atom is -0.490 e. The molecule has 1 aromatic heterocycles. The molecule has 0 amide bonds. The van der Waals surface area contributed by atoms with E-state index in [1.54, 1.807) is 6.92 Å². The first-order valence-electron chi connectivity index (χ1n) is 6.99. The second-order valence-corrected chi connectivity index (χ2v) is 5.07. The number of benzene rings is 1. The summed E-state index contributed by atoms with van der Waals surface area (Å²) in [4.78, 5) is 3.66. The monoisotopic (exact) mass is 308 g/mol. The summed E-state index contributed by atoms with van der Waals surface area (Å²) in [5, 5.41) is 9.16. The molecule has 0 saturated carbocycles. The van der Waals surface area contributed by atoms with Gasteiger partial charge >= 0.3 is 0 Å². The van der Waals surface area contributed by atoms with E-state index in [9.17, 15) is 8.78 Å². The number of nitrogens with two attached hydrogens (primary N) is 1. The van der Waals surface area contributed by atoms with Gasteiger partial charge < -0.3 is 15.6 Å². The first-order chi connectivity index (χ1) is 10.5. The zero-order valence-electron chi connectivity index (χ0n) is 12.2. The Labute approximate surface area is 127 Å². The summed E-state index contributed by atoms with van der Waals surface area (Å²) >= 11 is 0. The number of hydrogen-bond acceptors (Lipinski definition) is 4. The number of nitrogens with zero attached hydrogens (tertiary/aromatic N) is 1. The Balaban J connectivity index is 2.17. The Morgan fingerprint density at radius 3 is 2.77 bits per heavy atom. The van der Waals surface area contributed by atoms with Gasteiger partial charge in [0.1, 0.15) is 11.6 Å². The molecular formula is C16H18F2N2O2. The van der Waals surface area contributed by atoms with Crippen LogP contribution in [0.5, 0.6) is 5.75 Å². The van der Waals surface area contributed by atoms with Crippen LogP contribution in [0.1, 0.15) is 19.8 Å². The number of aliphatic hydroxyl groups excluding tert-OH is 1. The van der Waals surface area contributed by atoms with Crippen LogP contribution in [0, 0.1) is 11.6 Å². The molecule has 0 fully saturated rings. The van der Waals surface area contributed by atoms with Crippen molar-refractivity contribution in [3.63, 3.8) is 0 Å². The number of ether oxygens (including phenoxy) is 1. The molecule has 2 aromatic rings. The molecule has 118 valence electrons. The maximum absolute atomic E-state index is 13.8. The lowest BCUT2D eigenvalue weighted by atomic mass is 10.1. The molecule has 0 aliphatic rings. The molecule has 22 heavy (non-hydrogen) atoms. The van der Waals surface area contributed by atoms with Crippen molar-refractivity contribution >= 4 is 5.82 Å². The summed E-state index contributed by atoms with van der Waals surface area (Å²) in [5.41, 5.74) is 6.25. The van der Waals surface area contributed by atoms with Gasteiger partial charge in [0.25, 0.3) is 0 Å². The van der Waals surface area contributed by atoms with E-state index in [1.807, 2.05) is 0 Å². The first kappa shape index (κ1) is 16.2. The molecule has 0 unspecified atom stereocenters. The highest BCUT2D eigenvalue weighted by atomic mass is 19.1. The van der Waals surface area contributed by atoms with Gasteiger partial charge in [0.2, 0.25) is 0 Å². The first-order valence-corrected chi connectivity index (χ1v) is 6.99. The number of aromatic nitrogens is 1. The van der Waals surface area contributed by atoms with Gasteiger partial charge in [0, 0.05) is 5.56 Å². The van der Waals surface area contributed by atoms with Crippen LogP contribution in [0.2, 0.25) is 0 Å². The number of halogens is 2. The summed E-state index contributed by atoms with van der Waals surface area (Å²) in [5.74, 6) is -0.845. The zero-order chi connectivity index (χ0) is 16.1. The van der Waals surface area contributed by atoms with E-state index >= 15 is 0 Å². The number of aliphatic hydroxyl groups is 1. The molecule has 0 saturated heterocycles. The van der Waals surface area contributed by atoms with Gasteiger partial charge in [-0.05, 0) is 43.5 Å². The van der Waals surface area contributed by atoms with Crippen LogP contribution in [-0.4, -0.2) is 22.8 Å². The Hall–Kier alpha value is -2.21. The topological polar surface area (TPSA) is 68.4 Å². The minimum absolute atomic E-state index is 0.0397. The highest BCUT2D eigenvalue weighted by molar-refractivity contribution is 5.67. The van der Waals surface area contributed by atoms with Crippen molar-refractivity contribution in [3.8, 4) is 16.9 Å². The quantitative estimate of drug-likeness (QED) is 0.804. The lowest BCUT2D eigenvalue weighted by Crippen LogP contribution is -2.05. The summed E-state index contributed by atoms with van der Waals surface area (Å²) in [7, 11) is 0. The summed E-state index contributed by atoms with van der Waals surface area (Å²) in [6.07, 6.45) is 1.76. The van der Waals surface area contributed by atoms with Crippen molar-refractivity contribution in [2.75, 3.05) is 12.3 Å². The average Bonchev–Trinajstić information content (AvgIpc) is 2.47. The molecule has 6 heteroatoms. The van der Waals surface area contributed by atoms with Gasteiger partial charge in [0.05, 0.1) is 18.9 Å². The minimum atomic E-state index is -0.541. The largest absolute Gasteiger partial charge is 0.490 e. The zero-order valence-corrected chi connectivity index (χ0v) is 12.2. The van der Waals surface area contributed by atoms with Crippen molar-refractivity contribution in [1.82, 2.24) is 4.98 Å². The number of pyridine rings is 1. The summed E-state index contributed by atoms with van der Waals surface area (Å²) < 4.78 is 32.9. The van der Waals surface area contributed by atoms with Gasteiger partial charge in [-0.15, -0.1) is 0 Å². The Kier molecular flexibility index (Phi) is 5.27. The Bertz CT molecular complexity index is 648. The molecule has 0 aliphatic carbocycles. The third kappa shape index (κ3) is 4.14. The van der Waals surface area contributed by atoms with Crippen LogP contribution in [0.15, 0.2) is 30.5 Å². The summed E-state index contributed by atoms with van der Waals surface area (Å²) in [6, 6.07) is 5.49. The van der Waals surface area contributed by atoms with Crippen LogP contribution in [-0.2, 0) is 0 Å². The van der Waals surface area contributed by atoms with E-state index in [2.05, 4.69) is 4.98 Å². The fourth-order valence-corrected chi connectivity index (χ4v) is 2.02. The standard InChI is InChI=1S/C16H18F2N2O2/c1-10(21)3-2-6-22-15-7-11(4-5-13(15)17)12-8-16(19)20-9-14(12)18/h4-5,7-10,21H,2-3,6H2,1H3,(H2,19,20)/t10-/m1/s1. The van der Waals surface area contributed by atoms with Crippen molar-refractivity contribution in [2.24, 2.45) is 0 Å². The van der Waals surface area contributed by atoms with Gasteiger partial charge in [0.15, 0.2) is 11.6 Å². The second kappa shape index (κ2) is 7.17. The van der Waals surface area contributed by atoms with Gasteiger partial charge in [-0.1, -0.05) is 6.07 Å². The molecule has 0 radical (unpaired) electrons. The molecule has 1 heterocycles. The van der Waals surface area contributed by atoms with Gasteiger partial charge in [-0.25, -0.2) is 13.8 Å². The molecular weight excluding hydrogens is 290 g/mol. The predicted octanol–water partition coefficient (Wildman–Crippen LogP) is 3.15. The molecule has 1 aromatic carbocycles. The van der Waals surface area contributed by atoms with Crippen molar-refractivity contribution in [2.45, 2.75) is 25.9 Å². The lowest BCUT2D eigenvalue weighted by Gasteiger charge is -2.11. The smallest absolute Gasteiger partial charge is 0.165 e. The fraction of sp³-hybridized carbons (Fsp3) is 0.312. The Morgan fingerprint density at radius 1 is 1.27 bits per heavy atom. The van der Waals surface area contributed by atoms with E-state index in [4.69, 9.17) is 15.6 Å². The van der Waals surface area contributed by atoms with Crippen LogP contribution in [0.4, 0.5) is 14.6 Å². The maximum atomic E-state index is 13.8. The maximum Gasteiger partial charge on any atom is 0.165 e. The lowest BCUT2D eigenvalue weighted by molar-refractivity contribution is 0.169. The van der Waals surface area contributed by atoms with E-state index in [-0.39, 0.29) is 23.7 Å². The molecule has 3 N–H and O–H groups in total. The number of nitrogen functional groups attached to an aromatic ring is 1. The number of anilines is 1. The molecule has 4 nitrogen and oxygen atoms in total. The third-order valence-corrected chi connectivity index (χ3v) is 3.14. The number of hydrogen-bond donors (Lipinski definition) is 2. The van der Waals surface area contributed by atoms with Gasteiger partial charge in [-0.2, -0.15) is 0 Å². The Morgan fingerprint density at radius 2 is 2.05 bits per heavy atom. The van der Waals surface area contributed by atoms with Crippen LogP contribution >= 0.6 is 0 Å². The van der Waals surface area contributed by atoms with Crippen LogP contribution in [0.3, 0.4) is 0 Å². The second-order valence-electron chi connectivity index (χ2n) is 5.07. The molecule has 1 atom stereocenters. The van der Waals surface area contributed by atoms with E-state index in [0.717, 1.165) is 6.20 Å². The molecule has 2 rings (SSSR count). The van der Waals surface area contributed by atoms with Crippen LogP contribution < -0.4 is 10.5 Å². The molecule has 0 bridgehead atoms. The SMILES string of the molecule is C[C@@H](O)CCCOc1cc(-c2cc(N)ncc2F)ccc1F. The van der Waals surface area contributed by atoms with Crippen LogP contribution in [0.25, 0.3) is 11.1 Å². The fourth-order valence-electron chi connectivity index (χ4n) is 2.02. The van der Waals surface area contributed by atoms with Crippen molar-refractivity contribution in [1.29, 1.82) is 0 Å². The third-order valence-electron chi connectivity index (χ3n) is 3.14. The highest BCUT2D eigenvalue weighted by Crippen LogP contribution is 2.29. The van der Waals surface area contributed by atoms with Crippen molar-refractivity contribution < 1.29 is 18.6 Å². The van der Waals surface area contributed by atoms with E-state index in [0.29, 0.717) is 18.4 Å².